The minimum absolute atomic E-state index is 0.115. The van der Waals surface area contributed by atoms with E-state index in [4.69, 9.17) is 0 Å². The van der Waals surface area contributed by atoms with Gasteiger partial charge in [0, 0.05) is 12.5 Å². The summed E-state index contributed by atoms with van der Waals surface area (Å²) in [5.74, 6) is -0.115. The molecule has 3 nitrogen and oxygen atoms in total. The van der Waals surface area contributed by atoms with Gasteiger partial charge in [-0.25, -0.2) is 0 Å². The molecule has 0 aliphatic carbocycles. The Morgan fingerprint density at radius 2 is 2.07 bits per heavy atom. The molecule has 0 bridgehead atoms. The normalized spacial score (nSPS) is 12.2. The summed E-state index contributed by atoms with van der Waals surface area (Å²) in [6, 6.07) is 0. The van der Waals surface area contributed by atoms with Crippen LogP contribution in [0.5, 0.6) is 0 Å². The average molecular weight is 205 g/mol. The first-order valence-electron chi connectivity index (χ1n) is 4.67. The zero-order valence-corrected chi connectivity index (χ0v) is 8.85. The Labute approximate surface area is 89.9 Å². The fourth-order valence-electron chi connectivity index (χ4n) is 0.867. The van der Waals surface area contributed by atoms with E-state index in [1.165, 1.54) is 13.0 Å². The van der Waals surface area contributed by atoms with Crippen molar-refractivity contribution >= 4 is 5.78 Å². The van der Waals surface area contributed by atoms with E-state index in [0.717, 1.165) is 6.42 Å². The molecule has 0 atom stereocenters. The number of hydrogen-bond acceptors (Lipinski definition) is 3. The minimum Gasteiger partial charge on any atom is -0.294 e. The van der Waals surface area contributed by atoms with E-state index in [1.54, 1.807) is 12.2 Å². The molecule has 0 spiro atoms. The quantitative estimate of drug-likeness (QED) is 0.277. The molecular weight excluding hydrogens is 190 g/mol. The number of carbonyl (C=O) groups is 1. The van der Waals surface area contributed by atoms with E-state index in [1.807, 2.05) is 18.2 Å². The molecule has 0 saturated heterocycles. The van der Waals surface area contributed by atoms with Crippen LogP contribution in [-0.2, 0) is 4.79 Å². The second kappa shape index (κ2) is 8.81. The maximum atomic E-state index is 11.1. The van der Waals surface area contributed by atoms with Crippen LogP contribution in [0.25, 0.3) is 0 Å². The Kier molecular flexibility index (Phi) is 7.77. The maximum absolute atomic E-state index is 11.1. The zero-order chi connectivity index (χ0) is 11.5. The Morgan fingerprint density at radius 3 is 2.67 bits per heavy atom. The molecule has 0 aliphatic rings. The SMILES string of the molecule is C=C/C=C\C/C=C\CC(=O)/C=C(/C)N=O. The first-order valence-corrected chi connectivity index (χ1v) is 4.67. The van der Waals surface area contributed by atoms with Gasteiger partial charge in [0.2, 0.25) is 0 Å². The molecule has 80 valence electrons. The lowest BCUT2D eigenvalue weighted by molar-refractivity contribution is -0.113. The third-order valence-electron chi connectivity index (χ3n) is 1.54. The molecule has 0 aromatic carbocycles. The average Bonchev–Trinajstić information content (AvgIpc) is 2.23. The molecular formula is C12H15NO2. The van der Waals surface area contributed by atoms with Gasteiger partial charge >= 0.3 is 0 Å². The number of ketones is 1. The second-order valence-electron chi connectivity index (χ2n) is 2.92. The molecule has 0 rings (SSSR count). The predicted octanol–water partition coefficient (Wildman–Crippen LogP) is 3.30. The van der Waals surface area contributed by atoms with Gasteiger partial charge in [0.25, 0.3) is 0 Å². The van der Waals surface area contributed by atoms with Crippen molar-refractivity contribution in [2.75, 3.05) is 0 Å². The molecule has 15 heavy (non-hydrogen) atoms. The van der Waals surface area contributed by atoms with E-state index in [2.05, 4.69) is 11.8 Å². The number of hydrogen-bond donors (Lipinski definition) is 0. The smallest absolute Gasteiger partial charge is 0.161 e. The van der Waals surface area contributed by atoms with Crippen molar-refractivity contribution in [3.8, 4) is 0 Å². The summed E-state index contributed by atoms with van der Waals surface area (Å²) in [5.41, 5.74) is 0.208. The molecule has 0 aliphatic heterocycles. The van der Waals surface area contributed by atoms with Crippen molar-refractivity contribution < 1.29 is 4.79 Å². The summed E-state index contributed by atoms with van der Waals surface area (Å²) in [5, 5.41) is 2.64. The summed E-state index contributed by atoms with van der Waals surface area (Å²) in [4.78, 5) is 21.1. The molecule has 0 saturated carbocycles. The lowest BCUT2D eigenvalue weighted by atomic mass is 10.2. The van der Waals surface area contributed by atoms with Crippen LogP contribution in [0.3, 0.4) is 0 Å². The summed E-state index contributed by atoms with van der Waals surface area (Å²) in [6.45, 7) is 5.04. The number of nitroso groups, excluding NO2 is 1. The monoisotopic (exact) mass is 205 g/mol. The van der Waals surface area contributed by atoms with Gasteiger partial charge in [0.15, 0.2) is 5.78 Å². The van der Waals surface area contributed by atoms with Gasteiger partial charge in [0.1, 0.15) is 0 Å². The van der Waals surface area contributed by atoms with Gasteiger partial charge in [-0.2, -0.15) is 0 Å². The highest BCUT2D eigenvalue weighted by Crippen LogP contribution is 1.97. The summed E-state index contributed by atoms with van der Waals surface area (Å²) >= 11 is 0. The zero-order valence-electron chi connectivity index (χ0n) is 8.85. The van der Waals surface area contributed by atoms with Crippen LogP contribution < -0.4 is 0 Å². The largest absolute Gasteiger partial charge is 0.294 e. The summed E-state index contributed by atoms with van der Waals surface area (Å²) in [7, 11) is 0. The molecule has 0 heterocycles. The molecule has 3 heteroatoms. The third kappa shape index (κ3) is 8.56. The van der Waals surface area contributed by atoms with Gasteiger partial charge in [-0.05, 0) is 18.5 Å². The fraction of sp³-hybridized carbons (Fsp3) is 0.250. The number of rotatable bonds is 7. The number of carbonyl (C=O) groups excluding carboxylic acids is 1. The molecule has 0 aromatic heterocycles. The van der Waals surface area contributed by atoms with Crippen molar-refractivity contribution in [3.05, 3.63) is 53.6 Å². The fourth-order valence-corrected chi connectivity index (χ4v) is 0.867. The van der Waals surface area contributed by atoms with Gasteiger partial charge in [-0.3, -0.25) is 4.79 Å². The highest BCUT2D eigenvalue weighted by Gasteiger charge is 1.94. The first-order chi connectivity index (χ1) is 7.20. The highest BCUT2D eigenvalue weighted by atomic mass is 16.3. The van der Waals surface area contributed by atoms with Crippen molar-refractivity contribution in [3.63, 3.8) is 0 Å². The van der Waals surface area contributed by atoms with Gasteiger partial charge in [-0.15, -0.1) is 4.91 Å². The Bertz CT molecular complexity index is 312. The Hall–Kier alpha value is -1.77. The summed E-state index contributed by atoms with van der Waals surface area (Å²) in [6.07, 6.45) is 11.4. The maximum Gasteiger partial charge on any atom is 0.161 e. The second-order valence-corrected chi connectivity index (χ2v) is 2.92. The van der Waals surface area contributed by atoms with Crippen molar-refractivity contribution in [2.24, 2.45) is 5.18 Å². The molecule has 0 aromatic rings. The van der Waals surface area contributed by atoms with Gasteiger partial charge < -0.3 is 0 Å². The lowest BCUT2D eigenvalue weighted by Gasteiger charge is -1.87. The van der Waals surface area contributed by atoms with Crippen molar-refractivity contribution in [1.82, 2.24) is 0 Å². The Morgan fingerprint density at radius 1 is 1.33 bits per heavy atom. The molecule has 0 unspecified atom stereocenters. The van der Waals surface area contributed by atoms with Gasteiger partial charge in [0.05, 0.1) is 5.70 Å². The number of allylic oxidation sites excluding steroid dienone is 7. The topological polar surface area (TPSA) is 46.5 Å². The van der Waals surface area contributed by atoms with Crippen LogP contribution in [0.15, 0.2) is 53.9 Å². The molecule has 0 radical (unpaired) electrons. The van der Waals surface area contributed by atoms with E-state index < -0.39 is 0 Å². The summed E-state index contributed by atoms with van der Waals surface area (Å²) < 4.78 is 0. The van der Waals surface area contributed by atoms with Crippen LogP contribution >= 0.6 is 0 Å². The van der Waals surface area contributed by atoms with Crippen LogP contribution in [0, 0.1) is 4.91 Å². The van der Waals surface area contributed by atoms with Crippen molar-refractivity contribution in [1.29, 1.82) is 0 Å². The van der Waals surface area contributed by atoms with Crippen LogP contribution in [0.1, 0.15) is 19.8 Å². The number of nitrogens with zero attached hydrogens (tertiary/aromatic N) is 1. The molecule has 0 amide bonds. The standard InChI is InChI=1S/C12H15NO2/c1-3-4-5-6-7-8-9-12(14)10-11(2)13-15/h3-5,7-8,10H,1,6,9H2,2H3/b5-4-,8-7-,11-10-. The van der Waals surface area contributed by atoms with E-state index in [-0.39, 0.29) is 11.5 Å². The van der Waals surface area contributed by atoms with Crippen molar-refractivity contribution in [2.45, 2.75) is 19.8 Å². The van der Waals surface area contributed by atoms with Crippen LogP contribution in [0.4, 0.5) is 0 Å². The first kappa shape index (κ1) is 13.2. The Balaban J connectivity index is 3.85. The van der Waals surface area contributed by atoms with Crippen LogP contribution in [0.2, 0.25) is 0 Å². The minimum atomic E-state index is -0.115. The third-order valence-corrected chi connectivity index (χ3v) is 1.54. The van der Waals surface area contributed by atoms with E-state index in [0.29, 0.717) is 6.42 Å². The van der Waals surface area contributed by atoms with Crippen LogP contribution in [-0.4, -0.2) is 5.78 Å². The predicted molar refractivity (Wildman–Crippen MR) is 62.3 cm³/mol. The molecule has 0 fully saturated rings. The molecule has 0 N–H and O–H groups in total. The lowest BCUT2D eigenvalue weighted by Crippen LogP contribution is -1.90. The highest BCUT2D eigenvalue weighted by molar-refractivity contribution is 5.91. The van der Waals surface area contributed by atoms with E-state index in [9.17, 15) is 9.70 Å². The van der Waals surface area contributed by atoms with Gasteiger partial charge in [-0.1, -0.05) is 37.0 Å². The van der Waals surface area contributed by atoms with E-state index >= 15 is 0 Å².